The van der Waals surface area contributed by atoms with Crippen LogP contribution in [0.4, 0.5) is 11.6 Å². The quantitative estimate of drug-likeness (QED) is 0.424. The van der Waals surface area contributed by atoms with Gasteiger partial charge in [0.25, 0.3) is 5.91 Å². The molecule has 2 aliphatic rings. The van der Waals surface area contributed by atoms with E-state index in [0.717, 1.165) is 32.2 Å². The largest absolute Gasteiger partial charge is 0.383 e. The molecule has 10 heteroatoms. The molecule has 2 atom stereocenters. The molecule has 7 N–H and O–H groups in total. The highest BCUT2D eigenvalue weighted by Gasteiger charge is 2.28. The molecule has 2 heterocycles. The molecule has 180 valence electrons. The summed E-state index contributed by atoms with van der Waals surface area (Å²) >= 11 is 0. The molecule has 0 bridgehead atoms. The third-order valence-electron chi connectivity index (χ3n) is 6.28. The number of methoxy groups -OCH3 is 1. The summed E-state index contributed by atoms with van der Waals surface area (Å²) in [5, 5.41) is 12.4. The molecular weight excluding hydrogens is 422 g/mol. The maximum Gasteiger partial charge on any atom is 0.286 e. The van der Waals surface area contributed by atoms with Crippen molar-refractivity contribution in [3.05, 3.63) is 35.7 Å². The van der Waals surface area contributed by atoms with Gasteiger partial charge in [0.2, 0.25) is 17.7 Å². The molecule has 1 aliphatic heterocycles. The van der Waals surface area contributed by atoms with Gasteiger partial charge in [-0.3, -0.25) is 14.7 Å². The second-order valence-electron chi connectivity index (χ2n) is 8.65. The molecule has 1 fully saturated rings. The number of hydrogen-bond donors (Lipinski definition) is 5. The van der Waals surface area contributed by atoms with Gasteiger partial charge < -0.3 is 26.8 Å². The van der Waals surface area contributed by atoms with Crippen LogP contribution in [0.3, 0.4) is 0 Å². The Morgan fingerprint density at radius 3 is 2.61 bits per heavy atom. The molecule has 0 radical (unpaired) electrons. The number of nitrogens with zero attached hydrogens (tertiary/aromatic N) is 2. The van der Waals surface area contributed by atoms with Crippen LogP contribution in [-0.2, 0) is 16.0 Å². The highest BCUT2D eigenvalue weighted by Crippen LogP contribution is 2.30. The summed E-state index contributed by atoms with van der Waals surface area (Å²) in [5.41, 5.74) is 12.4. The van der Waals surface area contributed by atoms with Crippen molar-refractivity contribution in [1.82, 2.24) is 20.5 Å². The van der Waals surface area contributed by atoms with Gasteiger partial charge >= 0.3 is 0 Å². The summed E-state index contributed by atoms with van der Waals surface area (Å²) in [7, 11) is 1.75. The van der Waals surface area contributed by atoms with Crippen LogP contribution in [0.25, 0.3) is 0 Å². The fourth-order valence-electron chi connectivity index (χ4n) is 4.52. The topological polar surface area (TPSA) is 161 Å². The van der Waals surface area contributed by atoms with E-state index in [-0.39, 0.29) is 23.6 Å². The lowest BCUT2D eigenvalue weighted by Gasteiger charge is -2.34. The van der Waals surface area contributed by atoms with Crippen molar-refractivity contribution < 1.29 is 14.3 Å². The zero-order valence-corrected chi connectivity index (χ0v) is 19.2. The van der Waals surface area contributed by atoms with E-state index in [2.05, 4.69) is 50.1 Å². The fourth-order valence-corrected chi connectivity index (χ4v) is 4.52. The van der Waals surface area contributed by atoms with E-state index >= 15 is 0 Å². The van der Waals surface area contributed by atoms with Gasteiger partial charge in [0.1, 0.15) is 0 Å². The lowest BCUT2D eigenvalue weighted by atomic mass is 9.85. The molecule has 1 aromatic carbocycles. The number of para-hydroxylation sites is 1. The summed E-state index contributed by atoms with van der Waals surface area (Å²) in [6.07, 6.45) is 7.88. The normalized spacial score (nSPS) is 20.0. The first kappa shape index (κ1) is 24.5. The SMILES string of the molecule is COC[C@@H]1Nc2ccccc2C[C@@H]1CCNC(=O)C1CCCCC1.NC(=O)c1nc(N)n[nH]1. The monoisotopic (exact) mass is 457 g/mol. The number of nitrogens with two attached hydrogens (primary N) is 2. The Hall–Kier alpha value is -3.14. The van der Waals surface area contributed by atoms with E-state index < -0.39 is 5.91 Å². The number of carbonyl (C=O) groups excluding carboxylic acids is 2. The first-order valence-corrected chi connectivity index (χ1v) is 11.6. The molecule has 0 spiro atoms. The number of fused-ring (bicyclic) bond motifs is 1. The molecule has 33 heavy (non-hydrogen) atoms. The van der Waals surface area contributed by atoms with Crippen molar-refractivity contribution in [3.63, 3.8) is 0 Å². The average Bonchev–Trinajstić information content (AvgIpc) is 3.27. The van der Waals surface area contributed by atoms with Crippen LogP contribution in [0.2, 0.25) is 0 Å². The van der Waals surface area contributed by atoms with Gasteiger partial charge in [-0.25, -0.2) is 0 Å². The maximum absolute atomic E-state index is 12.3. The summed E-state index contributed by atoms with van der Waals surface area (Å²) < 4.78 is 5.40. The lowest BCUT2D eigenvalue weighted by molar-refractivity contribution is -0.125. The molecule has 2 aromatic rings. The van der Waals surface area contributed by atoms with Crippen molar-refractivity contribution >= 4 is 23.5 Å². The Balaban J connectivity index is 0.000000286. The molecule has 10 nitrogen and oxygen atoms in total. The number of amides is 2. The molecule has 1 aliphatic carbocycles. The number of nitrogens with one attached hydrogen (secondary N) is 3. The summed E-state index contributed by atoms with van der Waals surface area (Å²) in [5.74, 6) is 0.336. The minimum Gasteiger partial charge on any atom is -0.383 e. The Morgan fingerprint density at radius 2 is 1.97 bits per heavy atom. The minimum absolute atomic E-state index is 0.0174. The summed E-state index contributed by atoms with van der Waals surface area (Å²) in [4.78, 5) is 26.0. The van der Waals surface area contributed by atoms with Crippen LogP contribution in [-0.4, -0.2) is 53.3 Å². The van der Waals surface area contributed by atoms with Crippen LogP contribution in [0.15, 0.2) is 24.3 Å². The maximum atomic E-state index is 12.3. The molecule has 1 aromatic heterocycles. The van der Waals surface area contributed by atoms with Gasteiger partial charge in [-0.2, -0.15) is 4.98 Å². The van der Waals surface area contributed by atoms with Crippen molar-refractivity contribution in [2.45, 2.75) is 51.0 Å². The molecular formula is C23H35N7O3. The predicted octanol–water partition coefficient (Wildman–Crippen LogP) is 1.86. The van der Waals surface area contributed by atoms with E-state index in [4.69, 9.17) is 16.2 Å². The number of primary amides is 1. The smallest absolute Gasteiger partial charge is 0.286 e. The first-order chi connectivity index (χ1) is 16.0. The number of aromatic nitrogens is 3. The third-order valence-corrected chi connectivity index (χ3v) is 6.28. The van der Waals surface area contributed by atoms with Crippen LogP contribution < -0.4 is 22.1 Å². The van der Waals surface area contributed by atoms with Crippen LogP contribution in [0, 0.1) is 11.8 Å². The molecule has 2 amide bonds. The Morgan fingerprint density at radius 1 is 1.21 bits per heavy atom. The van der Waals surface area contributed by atoms with Crippen LogP contribution in [0.1, 0.15) is 54.7 Å². The Kier molecular flexibility index (Phi) is 9.05. The van der Waals surface area contributed by atoms with Crippen LogP contribution >= 0.6 is 0 Å². The van der Waals surface area contributed by atoms with Gasteiger partial charge in [-0.1, -0.05) is 37.5 Å². The number of hydrogen-bond acceptors (Lipinski definition) is 7. The minimum atomic E-state index is -0.667. The van der Waals surface area contributed by atoms with Crippen molar-refractivity contribution in [3.8, 4) is 0 Å². The molecule has 1 saturated carbocycles. The Bertz CT molecular complexity index is 911. The highest BCUT2D eigenvalue weighted by atomic mass is 16.5. The number of carbonyl (C=O) groups is 2. The van der Waals surface area contributed by atoms with E-state index in [1.165, 1.54) is 30.5 Å². The lowest BCUT2D eigenvalue weighted by Crippen LogP contribution is -2.41. The molecule has 0 saturated heterocycles. The number of ether oxygens (including phenoxy) is 1. The van der Waals surface area contributed by atoms with E-state index in [0.29, 0.717) is 18.6 Å². The number of aromatic amines is 1. The first-order valence-electron chi connectivity index (χ1n) is 11.6. The number of benzene rings is 1. The van der Waals surface area contributed by atoms with Gasteiger partial charge in [0.05, 0.1) is 12.6 Å². The second-order valence-corrected chi connectivity index (χ2v) is 8.65. The van der Waals surface area contributed by atoms with E-state index in [9.17, 15) is 9.59 Å². The number of rotatable bonds is 7. The van der Waals surface area contributed by atoms with Gasteiger partial charge in [0.15, 0.2) is 0 Å². The standard InChI is InChI=1S/C20H30N2O2.C3H5N5O/c1-24-14-19-17(13-16-9-5-6-10-18(16)22-19)11-12-21-20(23)15-7-3-2-4-8-15;4-1(9)2-6-3(5)8-7-2/h5-6,9-10,15,17,19,22H,2-4,7-8,11-14H2,1H3,(H,21,23);(H2,4,9)(H3,5,6,7,8)/t17-,19-;/m0./s1. The molecule has 4 rings (SSSR count). The number of nitrogen functional groups attached to an aromatic ring is 1. The van der Waals surface area contributed by atoms with Crippen molar-refractivity contribution in [2.24, 2.45) is 17.6 Å². The highest BCUT2D eigenvalue weighted by molar-refractivity contribution is 5.88. The third kappa shape index (κ3) is 7.18. The van der Waals surface area contributed by atoms with Crippen LogP contribution in [0.5, 0.6) is 0 Å². The number of H-pyrrole nitrogens is 1. The predicted molar refractivity (Wildman–Crippen MR) is 126 cm³/mol. The number of anilines is 2. The van der Waals surface area contributed by atoms with Crippen molar-refractivity contribution in [2.75, 3.05) is 31.3 Å². The average molecular weight is 458 g/mol. The van der Waals surface area contributed by atoms with E-state index in [1.54, 1.807) is 7.11 Å². The second kappa shape index (κ2) is 12.2. The van der Waals surface area contributed by atoms with Crippen molar-refractivity contribution in [1.29, 1.82) is 0 Å². The Labute approximate surface area is 194 Å². The summed E-state index contributed by atoms with van der Waals surface area (Å²) in [6.45, 7) is 1.47. The molecule has 0 unspecified atom stereocenters. The van der Waals surface area contributed by atoms with E-state index in [1.807, 2.05) is 0 Å². The van der Waals surface area contributed by atoms with Gasteiger partial charge in [-0.15, -0.1) is 5.10 Å². The zero-order chi connectivity index (χ0) is 23.6. The summed E-state index contributed by atoms with van der Waals surface area (Å²) in [6, 6.07) is 8.81. The van der Waals surface area contributed by atoms with Gasteiger partial charge in [0, 0.05) is 25.3 Å². The fraction of sp³-hybridized carbons (Fsp3) is 0.565. The van der Waals surface area contributed by atoms with Gasteiger partial charge in [-0.05, 0) is 43.2 Å². The zero-order valence-electron chi connectivity index (χ0n) is 19.2.